The lowest BCUT2D eigenvalue weighted by molar-refractivity contribution is -0.162. The number of benzene rings is 1. The van der Waals surface area contributed by atoms with E-state index in [-0.39, 0.29) is 6.61 Å². The van der Waals surface area contributed by atoms with Crippen molar-refractivity contribution < 1.29 is 19.1 Å². The Labute approximate surface area is 120 Å². The van der Waals surface area contributed by atoms with E-state index >= 15 is 0 Å². The number of esters is 2. The lowest BCUT2D eigenvalue weighted by Crippen LogP contribution is -2.35. The maximum absolute atomic E-state index is 12.1. The number of carbonyl (C=O) groups excluding carboxylic acids is 2. The number of rotatable bonds is 3. The van der Waals surface area contributed by atoms with Crippen molar-refractivity contribution in [3.8, 4) is 0 Å². The van der Waals surface area contributed by atoms with Crippen molar-refractivity contribution >= 4 is 27.9 Å². The quantitative estimate of drug-likeness (QED) is 0.633. The Kier molecular flexibility index (Phi) is 3.94. The molecule has 1 fully saturated rings. The minimum absolute atomic E-state index is 0.266. The zero-order valence-electron chi connectivity index (χ0n) is 10.8. The van der Waals surface area contributed by atoms with Crippen molar-refractivity contribution in [3.63, 3.8) is 0 Å². The molecule has 1 aromatic carbocycles. The third-order valence-corrected chi connectivity index (χ3v) is 3.95. The summed E-state index contributed by atoms with van der Waals surface area (Å²) in [6.07, 6.45) is -0.844. The first-order valence-electron chi connectivity index (χ1n) is 5.98. The first kappa shape index (κ1) is 14.1. The zero-order valence-corrected chi connectivity index (χ0v) is 12.3. The van der Waals surface area contributed by atoms with Gasteiger partial charge in [0.25, 0.3) is 0 Å². The molecule has 1 aromatic rings. The van der Waals surface area contributed by atoms with Gasteiger partial charge in [-0.05, 0) is 5.56 Å². The maximum Gasteiger partial charge on any atom is 0.348 e. The molecule has 0 aliphatic carbocycles. The molecule has 2 rings (SSSR count). The number of cyclic esters (lactones) is 1. The standard InChI is InChI=1S/C14H15BrO4/c1-14(2)8-18-13(17)11(14)19-12(16)10(15)9-6-4-3-5-7-9/h3-7,10-11H,8H2,1-2H3/t10-,11+/m1/s1. The monoisotopic (exact) mass is 326 g/mol. The summed E-state index contributed by atoms with van der Waals surface area (Å²) in [7, 11) is 0. The van der Waals surface area contributed by atoms with E-state index in [9.17, 15) is 9.59 Å². The average Bonchev–Trinajstić information content (AvgIpc) is 2.65. The number of alkyl halides is 1. The summed E-state index contributed by atoms with van der Waals surface area (Å²) in [5.74, 6) is -0.964. The third-order valence-electron chi connectivity index (χ3n) is 3.04. The van der Waals surface area contributed by atoms with Gasteiger partial charge in [-0.2, -0.15) is 0 Å². The molecule has 2 atom stereocenters. The highest BCUT2D eigenvalue weighted by Crippen LogP contribution is 2.33. The van der Waals surface area contributed by atoms with Crippen LogP contribution in [-0.4, -0.2) is 24.6 Å². The second-order valence-corrected chi connectivity index (χ2v) is 6.10. The largest absolute Gasteiger partial charge is 0.462 e. The van der Waals surface area contributed by atoms with Gasteiger partial charge >= 0.3 is 11.9 Å². The Balaban J connectivity index is 2.07. The fourth-order valence-corrected chi connectivity index (χ4v) is 2.28. The van der Waals surface area contributed by atoms with Crippen LogP contribution in [-0.2, 0) is 19.1 Å². The Morgan fingerprint density at radius 1 is 1.42 bits per heavy atom. The predicted molar refractivity (Wildman–Crippen MR) is 72.7 cm³/mol. The van der Waals surface area contributed by atoms with Crippen LogP contribution in [0.1, 0.15) is 24.2 Å². The molecule has 1 heterocycles. The van der Waals surface area contributed by atoms with Gasteiger partial charge in [0.2, 0.25) is 6.10 Å². The lowest BCUT2D eigenvalue weighted by atomic mass is 9.90. The van der Waals surface area contributed by atoms with Gasteiger partial charge in [-0.15, -0.1) is 0 Å². The van der Waals surface area contributed by atoms with Gasteiger partial charge in [0.05, 0.1) is 0 Å². The topological polar surface area (TPSA) is 52.6 Å². The van der Waals surface area contributed by atoms with E-state index in [1.54, 1.807) is 0 Å². The molecule has 0 radical (unpaired) electrons. The molecule has 1 aliphatic heterocycles. The molecule has 0 bridgehead atoms. The van der Waals surface area contributed by atoms with E-state index in [1.807, 2.05) is 44.2 Å². The minimum atomic E-state index is -0.844. The molecule has 5 heteroatoms. The lowest BCUT2D eigenvalue weighted by Gasteiger charge is -2.22. The van der Waals surface area contributed by atoms with Crippen molar-refractivity contribution in [1.29, 1.82) is 0 Å². The van der Waals surface area contributed by atoms with E-state index in [2.05, 4.69) is 15.9 Å². The van der Waals surface area contributed by atoms with Crippen molar-refractivity contribution in [2.24, 2.45) is 5.41 Å². The van der Waals surface area contributed by atoms with E-state index in [1.165, 1.54) is 0 Å². The number of ether oxygens (including phenoxy) is 2. The molecule has 0 aromatic heterocycles. The van der Waals surface area contributed by atoms with Crippen LogP contribution >= 0.6 is 15.9 Å². The highest BCUT2D eigenvalue weighted by molar-refractivity contribution is 9.09. The van der Waals surface area contributed by atoms with Crippen LogP contribution in [0, 0.1) is 5.41 Å². The minimum Gasteiger partial charge on any atom is -0.462 e. The van der Waals surface area contributed by atoms with E-state index in [0.717, 1.165) is 5.56 Å². The van der Waals surface area contributed by atoms with Crippen LogP contribution < -0.4 is 0 Å². The normalized spacial score (nSPS) is 22.7. The fraction of sp³-hybridized carbons (Fsp3) is 0.429. The SMILES string of the molecule is CC1(C)COC(=O)[C@@H]1OC(=O)[C@H](Br)c1ccccc1. The van der Waals surface area contributed by atoms with Gasteiger partial charge < -0.3 is 9.47 Å². The van der Waals surface area contributed by atoms with E-state index in [4.69, 9.17) is 9.47 Å². The molecule has 0 amide bonds. The molecule has 0 unspecified atom stereocenters. The predicted octanol–water partition coefficient (Wildman–Crippen LogP) is 2.62. The number of hydrogen-bond donors (Lipinski definition) is 0. The van der Waals surface area contributed by atoms with Crippen LogP contribution in [0.5, 0.6) is 0 Å². The second kappa shape index (κ2) is 5.33. The number of halogens is 1. The Morgan fingerprint density at radius 3 is 2.58 bits per heavy atom. The van der Waals surface area contributed by atoms with Crippen molar-refractivity contribution in [3.05, 3.63) is 35.9 Å². The molecule has 1 saturated heterocycles. The molecule has 4 nitrogen and oxygen atoms in total. The van der Waals surface area contributed by atoms with Crippen LogP contribution in [0.3, 0.4) is 0 Å². The van der Waals surface area contributed by atoms with E-state index in [0.29, 0.717) is 0 Å². The molecule has 102 valence electrons. The smallest absolute Gasteiger partial charge is 0.348 e. The van der Waals surface area contributed by atoms with Crippen molar-refractivity contribution in [2.75, 3.05) is 6.61 Å². The van der Waals surface area contributed by atoms with E-state index < -0.39 is 28.3 Å². The second-order valence-electron chi connectivity index (χ2n) is 5.19. The summed E-state index contributed by atoms with van der Waals surface area (Å²) < 4.78 is 10.2. The van der Waals surface area contributed by atoms with Crippen molar-refractivity contribution in [2.45, 2.75) is 24.8 Å². The Morgan fingerprint density at radius 2 is 2.05 bits per heavy atom. The first-order chi connectivity index (χ1) is 8.92. The summed E-state index contributed by atoms with van der Waals surface area (Å²) in [5, 5.41) is 0. The van der Waals surface area contributed by atoms with Gasteiger partial charge in [0.15, 0.2) is 0 Å². The van der Waals surface area contributed by atoms with Crippen molar-refractivity contribution in [1.82, 2.24) is 0 Å². The van der Waals surface area contributed by atoms with Gasteiger partial charge in [-0.3, -0.25) is 4.79 Å². The zero-order chi connectivity index (χ0) is 14.0. The highest BCUT2D eigenvalue weighted by atomic mass is 79.9. The van der Waals surface area contributed by atoms with Gasteiger partial charge in [-0.25, -0.2) is 4.79 Å². The summed E-state index contributed by atoms with van der Waals surface area (Å²) in [6.45, 7) is 3.94. The van der Waals surface area contributed by atoms with Gasteiger partial charge in [0.1, 0.15) is 11.4 Å². The Hall–Kier alpha value is -1.36. The van der Waals surface area contributed by atoms with Crippen LogP contribution in [0.2, 0.25) is 0 Å². The summed E-state index contributed by atoms with van der Waals surface area (Å²) >= 11 is 3.29. The first-order valence-corrected chi connectivity index (χ1v) is 6.89. The summed E-state index contributed by atoms with van der Waals surface area (Å²) in [6, 6.07) is 9.18. The molecular weight excluding hydrogens is 312 g/mol. The molecule has 0 spiro atoms. The van der Waals surface area contributed by atoms with Gasteiger partial charge in [-0.1, -0.05) is 60.1 Å². The maximum atomic E-state index is 12.1. The van der Waals surface area contributed by atoms with Crippen LogP contribution in [0.15, 0.2) is 30.3 Å². The van der Waals surface area contributed by atoms with Crippen LogP contribution in [0.4, 0.5) is 0 Å². The molecule has 0 saturated carbocycles. The fourth-order valence-electron chi connectivity index (χ4n) is 1.87. The number of carbonyl (C=O) groups is 2. The summed E-state index contributed by atoms with van der Waals surface area (Å²) in [5.41, 5.74) is 0.299. The molecule has 19 heavy (non-hydrogen) atoms. The highest BCUT2D eigenvalue weighted by Gasteiger charge is 2.47. The summed E-state index contributed by atoms with van der Waals surface area (Å²) in [4.78, 5) is 23.0. The van der Waals surface area contributed by atoms with Gasteiger partial charge in [0, 0.05) is 5.41 Å². The average molecular weight is 327 g/mol. The van der Waals surface area contributed by atoms with Crippen LogP contribution in [0.25, 0.3) is 0 Å². The molecular formula is C14H15BrO4. The third kappa shape index (κ3) is 2.97. The Bertz CT molecular complexity index is 483. The molecule has 1 aliphatic rings. The molecule has 0 N–H and O–H groups in total. The number of hydrogen-bond acceptors (Lipinski definition) is 4.